The van der Waals surface area contributed by atoms with Crippen molar-refractivity contribution in [2.75, 3.05) is 0 Å². The highest BCUT2D eigenvalue weighted by Crippen LogP contribution is 2.46. The number of aromatic hydroxyl groups is 2. The van der Waals surface area contributed by atoms with Crippen molar-refractivity contribution in [3.8, 4) is 17.2 Å². The van der Waals surface area contributed by atoms with Crippen molar-refractivity contribution in [2.45, 2.75) is 72.8 Å². The fraction of sp³-hybridized carbons (Fsp3) is 0.393. The monoisotopic (exact) mass is 512 g/mol. The van der Waals surface area contributed by atoms with E-state index in [4.69, 9.17) is 9.47 Å². The van der Waals surface area contributed by atoms with Crippen molar-refractivity contribution in [3.63, 3.8) is 0 Å². The van der Waals surface area contributed by atoms with Gasteiger partial charge >= 0.3 is 11.9 Å². The van der Waals surface area contributed by atoms with Crippen LogP contribution in [0, 0.1) is 0 Å². The Hall–Kier alpha value is -4.01. The highest BCUT2D eigenvalue weighted by molar-refractivity contribution is 6.17. The molecule has 0 atom stereocenters. The summed E-state index contributed by atoms with van der Waals surface area (Å²) >= 11 is 0. The molecule has 0 unspecified atom stereocenters. The van der Waals surface area contributed by atoms with Crippen LogP contribution < -0.4 is 4.74 Å². The molecule has 0 heterocycles. The highest BCUT2D eigenvalue weighted by atomic mass is 16.5. The first-order valence-electron chi connectivity index (χ1n) is 12.2. The number of hydrogen-bond donors (Lipinski definition) is 2. The molecule has 0 aliphatic rings. The molecule has 0 saturated carbocycles. The van der Waals surface area contributed by atoms with E-state index in [9.17, 15) is 34.2 Å². The first kappa shape index (κ1) is 29.2. The summed E-state index contributed by atoms with van der Waals surface area (Å²) in [5.74, 6) is -6.02. The maximum atomic E-state index is 13.4. The summed E-state index contributed by atoms with van der Waals surface area (Å²) in [4.78, 5) is 63.3. The standard InChI is InChI=1S/C28H32O9/c1-5-8-19(30)22-24(28(35)36-15-17-11-13-18(14-12-17)16(4)29)23(20(31)9-6-2)27(26(34)25(22)33)37-21(32)10-7-3/h11-14,33-34H,5-10,15H2,1-4H3. The number of esters is 2. The highest BCUT2D eigenvalue weighted by Gasteiger charge is 2.36. The van der Waals surface area contributed by atoms with Crippen LogP contribution in [0.2, 0.25) is 0 Å². The molecular weight excluding hydrogens is 480 g/mol. The van der Waals surface area contributed by atoms with Gasteiger partial charge in [0, 0.05) is 24.8 Å². The fourth-order valence-electron chi connectivity index (χ4n) is 3.67. The minimum absolute atomic E-state index is 0.0475. The molecule has 2 rings (SSSR count). The van der Waals surface area contributed by atoms with Crippen molar-refractivity contribution in [1.29, 1.82) is 0 Å². The topological polar surface area (TPSA) is 144 Å². The molecule has 0 radical (unpaired) electrons. The molecule has 9 heteroatoms. The second-order valence-corrected chi connectivity index (χ2v) is 8.55. The number of phenolic OH excluding ortho intramolecular Hbond substituents is 2. The predicted octanol–water partition coefficient (Wildman–Crippen LogP) is 5.33. The lowest BCUT2D eigenvalue weighted by molar-refractivity contribution is -0.134. The molecule has 0 aromatic heterocycles. The third kappa shape index (κ3) is 7.03. The molecule has 9 nitrogen and oxygen atoms in total. The number of ketones is 3. The smallest absolute Gasteiger partial charge is 0.340 e. The van der Waals surface area contributed by atoms with Gasteiger partial charge < -0.3 is 19.7 Å². The molecule has 0 aliphatic carbocycles. The van der Waals surface area contributed by atoms with Crippen LogP contribution in [0.3, 0.4) is 0 Å². The lowest BCUT2D eigenvalue weighted by Crippen LogP contribution is -2.20. The Morgan fingerprint density at radius 2 is 1.27 bits per heavy atom. The molecule has 37 heavy (non-hydrogen) atoms. The molecule has 0 spiro atoms. The van der Waals surface area contributed by atoms with Crippen LogP contribution in [-0.2, 0) is 16.1 Å². The Labute approximate surface area is 215 Å². The van der Waals surface area contributed by atoms with E-state index in [2.05, 4.69) is 0 Å². The Morgan fingerprint density at radius 1 is 0.730 bits per heavy atom. The van der Waals surface area contributed by atoms with E-state index < -0.39 is 57.4 Å². The zero-order valence-corrected chi connectivity index (χ0v) is 21.5. The van der Waals surface area contributed by atoms with Crippen LogP contribution in [0.5, 0.6) is 17.2 Å². The summed E-state index contributed by atoms with van der Waals surface area (Å²) in [5, 5.41) is 21.4. The lowest BCUT2D eigenvalue weighted by Gasteiger charge is -2.19. The Balaban J connectivity index is 2.68. The molecule has 2 aromatic carbocycles. The van der Waals surface area contributed by atoms with E-state index in [-0.39, 0.29) is 31.7 Å². The maximum absolute atomic E-state index is 13.4. The van der Waals surface area contributed by atoms with E-state index in [0.717, 1.165) is 0 Å². The van der Waals surface area contributed by atoms with Crippen molar-refractivity contribution in [3.05, 3.63) is 52.1 Å². The number of benzene rings is 2. The maximum Gasteiger partial charge on any atom is 0.340 e. The van der Waals surface area contributed by atoms with Gasteiger partial charge in [-0.25, -0.2) is 4.79 Å². The summed E-state index contributed by atoms with van der Waals surface area (Å²) in [6, 6.07) is 6.30. The van der Waals surface area contributed by atoms with Gasteiger partial charge in [0.25, 0.3) is 0 Å². The van der Waals surface area contributed by atoms with E-state index in [1.54, 1.807) is 45.0 Å². The van der Waals surface area contributed by atoms with Crippen LogP contribution >= 0.6 is 0 Å². The van der Waals surface area contributed by atoms with Crippen molar-refractivity contribution in [1.82, 2.24) is 0 Å². The summed E-state index contributed by atoms with van der Waals surface area (Å²) in [7, 11) is 0. The number of hydrogen-bond acceptors (Lipinski definition) is 9. The van der Waals surface area contributed by atoms with Crippen molar-refractivity contribution < 1.29 is 43.7 Å². The Bertz CT molecular complexity index is 1190. The summed E-state index contributed by atoms with van der Waals surface area (Å²) < 4.78 is 10.6. The van der Waals surface area contributed by atoms with Crippen LogP contribution in [0.25, 0.3) is 0 Å². The normalized spacial score (nSPS) is 10.6. The first-order chi connectivity index (χ1) is 17.6. The fourth-order valence-corrected chi connectivity index (χ4v) is 3.67. The number of rotatable bonds is 13. The van der Waals surface area contributed by atoms with Crippen LogP contribution in [0.1, 0.15) is 113 Å². The largest absolute Gasteiger partial charge is 0.504 e. The predicted molar refractivity (Wildman–Crippen MR) is 134 cm³/mol. The van der Waals surface area contributed by atoms with E-state index in [1.807, 2.05) is 0 Å². The van der Waals surface area contributed by atoms with Gasteiger partial charge in [-0.05, 0) is 31.7 Å². The zero-order chi connectivity index (χ0) is 27.7. The third-order valence-corrected chi connectivity index (χ3v) is 5.52. The first-order valence-corrected chi connectivity index (χ1v) is 12.2. The van der Waals surface area contributed by atoms with Gasteiger partial charge in [-0.2, -0.15) is 0 Å². The molecule has 0 amide bonds. The Morgan fingerprint density at radius 3 is 1.78 bits per heavy atom. The van der Waals surface area contributed by atoms with Gasteiger partial charge in [0.15, 0.2) is 28.8 Å². The summed E-state index contributed by atoms with van der Waals surface area (Å²) in [5.41, 5.74) is -0.619. The van der Waals surface area contributed by atoms with Gasteiger partial charge in [0.05, 0.1) is 16.7 Å². The molecule has 0 bridgehead atoms. The van der Waals surface area contributed by atoms with Crippen LogP contribution in [-0.4, -0.2) is 39.5 Å². The molecule has 2 aromatic rings. The van der Waals surface area contributed by atoms with Gasteiger partial charge in [0.1, 0.15) is 6.61 Å². The molecule has 0 saturated heterocycles. The van der Waals surface area contributed by atoms with E-state index >= 15 is 0 Å². The third-order valence-electron chi connectivity index (χ3n) is 5.52. The van der Waals surface area contributed by atoms with Crippen LogP contribution in [0.4, 0.5) is 0 Å². The van der Waals surface area contributed by atoms with Crippen LogP contribution in [0.15, 0.2) is 24.3 Å². The lowest BCUT2D eigenvalue weighted by atomic mass is 9.90. The second kappa shape index (κ2) is 13.3. The molecule has 2 N–H and O–H groups in total. The van der Waals surface area contributed by atoms with E-state index in [0.29, 0.717) is 30.4 Å². The summed E-state index contributed by atoms with van der Waals surface area (Å²) in [6.07, 6.45) is 0.912. The minimum atomic E-state index is -1.11. The summed E-state index contributed by atoms with van der Waals surface area (Å²) in [6.45, 7) is 6.29. The number of ether oxygens (including phenoxy) is 2. The van der Waals surface area contributed by atoms with E-state index in [1.165, 1.54) is 6.92 Å². The van der Waals surface area contributed by atoms with Crippen molar-refractivity contribution >= 4 is 29.3 Å². The SMILES string of the molecule is CCCC(=O)Oc1c(O)c(O)c(C(=O)CCC)c(C(=O)OCc2ccc(C(C)=O)cc2)c1C(=O)CCC. The van der Waals surface area contributed by atoms with Gasteiger partial charge in [-0.1, -0.05) is 45.0 Å². The van der Waals surface area contributed by atoms with Gasteiger partial charge in [-0.3, -0.25) is 19.2 Å². The average Bonchev–Trinajstić information content (AvgIpc) is 2.85. The number of carbonyl (C=O) groups is 5. The number of phenols is 2. The average molecular weight is 513 g/mol. The second-order valence-electron chi connectivity index (χ2n) is 8.55. The minimum Gasteiger partial charge on any atom is -0.504 e. The Kier molecular flexibility index (Phi) is 10.5. The molecule has 0 fully saturated rings. The zero-order valence-electron chi connectivity index (χ0n) is 21.5. The molecular formula is C28H32O9. The quantitative estimate of drug-likeness (QED) is 0.157. The van der Waals surface area contributed by atoms with Gasteiger partial charge in [-0.15, -0.1) is 0 Å². The molecule has 198 valence electrons. The number of carbonyl (C=O) groups excluding carboxylic acids is 5. The molecule has 0 aliphatic heterocycles. The van der Waals surface area contributed by atoms with Crippen molar-refractivity contribution in [2.24, 2.45) is 0 Å². The number of Topliss-reactive ketones (excluding diaryl/α,β-unsaturated/α-hetero) is 3. The van der Waals surface area contributed by atoms with Gasteiger partial charge in [0.2, 0.25) is 5.75 Å².